The Morgan fingerprint density at radius 1 is 1.42 bits per heavy atom. The summed E-state index contributed by atoms with van der Waals surface area (Å²) < 4.78 is 37.2. The summed E-state index contributed by atoms with van der Waals surface area (Å²) in [6.45, 7) is -0.214. The minimum Gasteiger partial charge on any atom is -0.481 e. The molecule has 0 radical (unpaired) electrons. The summed E-state index contributed by atoms with van der Waals surface area (Å²) in [4.78, 5) is 10.5. The standard InChI is InChI=1S/C13H14F3NO2/c14-13(15,16)11(12(18)19)7-17-6-9-5-8-3-1-2-4-10(8)9/h1-4,9,11,17H,5-7H2,(H,18,19). The van der Waals surface area contributed by atoms with E-state index < -0.39 is 24.6 Å². The summed E-state index contributed by atoms with van der Waals surface area (Å²) in [7, 11) is 0. The van der Waals surface area contributed by atoms with E-state index in [1.807, 2.05) is 24.3 Å². The lowest BCUT2D eigenvalue weighted by Gasteiger charge is -2.30. The highest BCUT2D eigenvalue weighted by molar-refractivity contribution is 5.71. The Morgan fingerprint density at radius 3 is 2.68 bits per heavy atom. The van der Waals surface area contributed by atoms with Gasteiger partial charge in [0.15, 0.2) is 5.92 Å². The largest absolute Gasteiger partial charge is 0.481 e. The number of carboxylic acids is 1. The van der Waals surface area contributed by atoms with E-state index in [1.54, 1.807) is 0 Å². The second-order valence-electron chi connectivity index (χ2n) is 4.69. The lowest BCUT2D eigenvalue weighted by molar-refractivity contribution is -0.192. The van der Waals surface area contributed by atoms with Crippen LogP contribution in [0.2, 0.25) is 0 Å². The Morgan fingerprint density at radius 2 is 2.11 bits per heavy atom. The summed E-state index contributed by atoms with van der Waals surface area (Å²) >= 11 is 0. The zero-order chi connectivity index (χ0) is 14.0. The maximum absolute atomic E-state index is 12.4. The summed E-state index contributed by atoms with van der Waals surface area (Å²) in [6, 6.07) is 7.75. The molecule has 1 aromatic carbocycles. The number of rotatable bonds is 5. The van der Waals surface area contributed by atoms with E-state index in [-0.39, 0.29) is 5.92 Å². The molecule has 1 aliphatic rings. The monoisotopic (exact) mass is 273 g/mol. The van der Waals surface area contributed by atoms with E-state index in [4.69, 9.17) is 5.11 Å². The molecule has 104 valence electrons. The van der Waals surface area contributed by atoms with Gasteiger partial charge in [0.2, 0.25) is 0 Å². The van der Waals surface area contributed by atoms with Crippen molar-refractivity contribution >= 4 is 5.97 Å². The maximum atomic E-state index is 12.4. The fourth-order valence-electron chi connectivity index (χ4n) is 2.29. The number of fused-ring (bicyclic) bond motifs is 1. The maximum Gasteiger partial charge on any atom is 0.403 e. The number of carbonyl (C=O) groups is 1. The molecule has 1 aromatic rings. The first-order valence-electron chi connectivity index (χ1n) is 5.97. The number of hydrogen-bond donors (Lipinski definition) is 2. The van der Waals surface area contributed by atoms with Crippen molar-refractivity contribution in [2.45, 2.75) is 18.5 Å². The molecule has 0 aliphatic heterocycles. The van der Waals surface area contributed by atoms with Crippen LogP contribution in [0, 0.1) is 5.92 Å². The molecule has 2 unspecified atom stereocenters. The Kier molecular flexibility index (Phi) is 3.80. The van der Waals surface area contributed by atoms with Gasteiger partial charge in [0.1, 0.15) is 0 Å². The van der Waals surface area contributed by atoms with Crippen LogP contribution in [0.3, 0.4) is 0 Å². The van der Waals surface area contributed by atoms with Gasteiger partial charge in [-0.2, -0.15) is 13.2 Å². The Labute approximate surface area is 108 Å². The van der Waals surface area contributed by atoms with Crippen LogP contribution >= 0.6 is 0 Å². The van der Waals surface area contributed by atoms with Crippen molar-refractivity contribution in [2.24, 2.45) is 5.92 Å². The van der Waals surface area contributed by atoms with Crippen LogP contribution in [0.5, 0.6) is 0 Å². The predicted molar refractivity (Wildman–Crippen MR) is 62.9 cm³/mol. The quantitative estimate of drug-likeness (QED) is 0.864. The highest BCUT2D eigenvalue weighted by atomic mass is 19.4. The van der Waals surface area contributed by atoms with E-state index in [1.165, 1.54) is 5.56 Å². The van der Waals surface area contributed by atoms with Gasteiger partial charge in [-0.15, -0.1) is 0 Å². The number of alkyl halides is 3. The molecule has 3 nitrogen and oxygen atoms in total. The molecule has 19 heavy (non-hydrogen) atoms. The van der Waals surface area contributed by atoms with Crippen LogP contribution in [0.1, 0.15) is 17.0 Å². The third-order valence-electron chi connectivity index (χ3n) is 3.39. The first-order chi connectivity index (χ1) is 8.89. The zero-order valence-corrected chi connectivity index (χ0v) is 10.1. The fourth-order valence-corrected chi connectivity index (χ4v) is 2.29. The summed E-state index contributed by atoms with van der Waals surface area (Å²) in [5, 5.41) is 11.2. The van der Waals surface area contributed by atoms with Gasteiger partial charge in [-0.05, 0) is 17.5 Å². The third-order valence-corrected chi connectivity index (χ3v) is 3.39. The molecule has 0 saturated heterocycles. The van der Waals surface area contributed by atoms with Gasteiger partial charge in [-0.1, -0.05) is 24.3 Å². The molecule has 2 rings (SSSR count). The fraction of sp³-hybridized carbons (Fsp3) is 0.462. The van der Waals surface area contributed by atoms with Crippen molar-refractivity contribution < 1.29 is 23.1 Å². The highest BCUT2D eigenvalue weighted by Gasteiger charge is 2.44. The average Bonchev–Trinajstić information content (AvgIpc) is 2.27. The number of halogens is 3. The van der Waals surface area contributed by atoms with E-state index in [9.17, 15) is 18.0 Å². The van der Waals surface area contributed by atoms with Crippen molar-refractivity contribution in [3.05, 3.63) is 35.4 Å². The molecule has 2 N–H and O–H groups in total. The SMILES string of the molecule is O=C(O)C(CNCC1Cc2ccccc21)C(F)(F)F. The van der Waals surface area contributed by atoms with E-state index in [2.05, 4.69) is 5.32 Å². The van der Waals surface area contributed by atoms with Gasteiger partial charge in [-0.25, -0.2) is 0 Å². The summed E-state index contributed by atoms with van der Waals surface area (Å²) in [6.07, 6.45) is -3.89. The molecule has 0 amide bonds. The van der Waals surface area contributed by atoms with Crippen LogP contribution in [0.25, 0.3) is 0 Å². The van der Waals surface area contributed by atoms with Crippen LogP contribution in [-0.4, -0.2) is 30.3 Å². The van der Waals surface area contributed by atoms with Crippen molar-refractivity contribution in [1.82, 2.24) is 5.32 Å². The second-order valence-corrected chi connectivity index (χ2v) is 4.69. The average molecular weight is 273 g/mol. The number of nitrogens with one attached hydrogen (secondary N) is 1. The minimum atomic E-state index is -4.71. The molecule has 2 atom stereocenters. The Bertz CT molecular complexity index is 473. The first-order valence-corrected chi connectivity index (χ1v) is 5.97. The molecule has 0 heterocycles. The van der Waals surface area contributed by atoms with Crippen molar-refractivity contribution in [1.29, 1.82) is 0 Å². The van der Waals surface area contributed by atoms with E-state index in [0.29, 0.717) is 6.54 Å². The highest BCUT2D eigenvalue weighted by Crippen LogP contribution is 2.34. The van der Waals surface area contributed by atoms with Crippen LogP contribution in [-0.2, 0) is 11.2 Å². The molecule has 0 spiro atoms. The van der Waals surface area contributed by atoms with Crippen molar-refractivity contribution in [3.8, 4) is 0 Å². The minimum absolute atomic E-state index is 0.180. The smallest absolute Gasteiger partial charge is 0.403 e. The summed E-state index contributed by atoms with van der Waals surface area (Å²) in [5.41, 5.74) is 2.34. The topological polar surface area (TPSA) is 49.3 Å². The van der Waals surface area contributed by atoms with Gasteiger partial charge in [-0.3, -0.25) is 4.79 Å². The second kappa shape index (κ2) is 5.21. The molecule has 6 heteroatoms. The van der Waals surface area contributed by atoms with Crippen LogP contribution in [0.15, 0.2) is 24.3 Å². The van der Waals surface area contributed by atoms with Gasteiger partial charge >= 0.3 is 12.1 Å². The predicted octanol–water partition coefficient (Wildman–Crippen LogP) is 2.18. The van der Waals surface area contributed by atoms with Crippen molar-refractivity contribution in [3.63, 3.8) is 0 Å². The first kappa shape index (κ1) is 13.9. The van der Waals surface area contributed by atoms with E-state index in [0.717, 1.165) is 12.0 Å². The molecule has 0 aromatic heterocycles. The van der Waals surface area contributed by atoms with Gasteiger partial charge < -0.3 is 10.4 Å². The molecule has 0 fully saturated rings. The number of benzene rings is 1. The molecular formula is C13H14F3NO2. The lowest BCUT2D eigenvalue weighted by Crippen LogP contribution is -2.41. The molecular weight excluding hydrogens is 259 g/mol. The number of aliphatic carboxylic acids is 1. The zero-order valence-electron chi connectivity index (χ0n) is 10.1. The van der Waals surface area contributed by atoms with Gasteiger partial charge in [0, 0.05) is 19.0 Å². The normalized spacial score (nSPS) is 19.4. The van der Waals surface area contributed by atoms with Crippen LogP contribution in [0.4, 0.5) is 13.2 Å². The number of carboxylic acid groups (broad SMARTS) is 1. The number of hydrogen-bond acceptors (Lipinski definition) is 2. The van der Waals surface area contributed by atoms with Gasteiger partial charge in [0.05, 0.1) is 0 Å². The lowest BCUT2D eigenvalue weighted by atomic mass is 9.77. The van der Waals surface area contributed by atoms with E-state index >= 15 is 0 Å². The Balaban J connectivity index is 1.83. The van der Waals surface area contributed by atoms with Gasteiger partial charge in [0.25, 0.3) is 0 Å². The third kappa shape index (κ3) is 3.07. The molecule has 0 bridgehead atoms. The summed E-state index contributed by atoms with van der Waals surface area (Å²) in [5.74, 6) is -4.00. The Hall–Kier alpha value is -1.56. The molecule has 0 saturated carbocycles. The molecule has 1 aliphatic carbocycles. The van der Waals surface area contributed by atoms with Crippen molar-refractivity contribution in [2.75, 3.05) is 13.1 Å². The van der Waals surface area contributed by atoms with Crippen LogP contribution < -0.4 is 5.32 Å².